The SMILES string of the molecule is NNc1c2c(nc3c(Cl)c(Cl)c(Br)cc13)CCCC2. The van der Waals surface area contributed by atoms with Gasteiger partial charge in [0.1, 0.15) is 0 Å². The van der Waals surface area contributed by atoms with E-state index in [0.717, 1.165) is 46.9 Å². The number of anilines is 1. The number of benzene rings is 1. The molecule has 0 unspecified atom stereocenters. The minimum atomic E-state index is 0.468. The lowest BCUT2D eigenvalue weighted by molar-refractivity contribution is 0.672. The van der Waals surface area contributed by atoms with Crippen LogP contribution in [0.25, 0.3) is 10.9 Å². The highest BCUT2D eigenvalue weighted by Crippen LogP contribution is 2.41. The third kappa shape index (κ3) is 2.11. The molecule has 3 nitrogen and oxygen atoms in total. The Balaban J connectivity index is 2.43. The highest BCUT2D eigenvalue weighted by Gasteiger charge is 2.20. The van der Waals surface area contributed by atoms with E-state index >= 15 is 0 Å². The molecule has 19 heavy (non-hydrogen) atoms. The molecule has 6 heteroatoms. The van der Waals surface area contributed by atoms with Gasteiger partial charge in [0.2, 0.25) is 0 Å². The number of hydrogen-bond donors (Lipinski definition) is 2. The molecule has 0 spiro atoms. The first-order valence-electron chi connectivity index (χ1n) is 6.09. The summed E-state index contributed by atoms with van der Waals surface area (Å²) in [6, 6.07) is 1.92. The summed E-state index contributed by atoms with van der Waals surface area (Å²) in [4.78, 5) is 4.69. The smallest absolute Gasteiger partial charge is 0.0928 e. The lowest BCUT2D eigenvalue weighted by atomic mass is 9.93. The summed E-state index contributed by atoms with van der Waals surface area (Å²) in [6.45, 7) is 0. The molecule has 0 bridgehead atoms. The number of hydrogen-bond acceptors (Lipinski definition) is 3. The van der Waals surface area contributed by atoms with Gasteiger partial charge in [0, 0.05) is 15.6 Å². The number of nitrogens with one attached hydrogen (secondary N) is 1. The van der Waals surface area contributed by atoms with E-state index in [4.69, 9.17) is 34.0 Å². The molecule has 3 N–H and O–H groups in total. The number of pyridine rings is 1. The lowest BCUT2D eigenvalue weighted by Gasteiger charge is -2.21. The van der Waals surface area contributed by atoms with Crippen LogP contribution in [0.5, 0.6) is 0 Å². The molecular weight excluding hydrogens is 349 g/mol. The number of nitrogens with two attached hydrogens (primary N) is 1. The van der Waals surface area contributed by atoms with Crippen LogP contribution in [0.15, 0.2) is 10.5 Å². The van der Waals surface area contributed by atoms with Crippen molar-refractivity contribution in [2.24, 2.45) is 5.84 Å². The minimum Gasteiger partial charge on any atom is -0.323 e. The second kappa shape index (κ2) is 5.09. The first-order valence-corrected chi connectivity index (χ1v) is 7.64. The second-order valence-corrected chi connectivity index (χ2v) is 6.26. The van der Waals surface area contributed by atoms with Crippen LogP contribution in [0, 0.1) is 0 Å². The van der Waals surface area contributed by atoms with Crippen molar-refractivity contribution < 1.29 is 0 Å². The zero-order valence-corrected chi connectivity index (χ0v) is 13.2. The second-order valence-electron chi connectivity index (χ2n) is 4.65. The minimum absolute atomic E-state index is 0.468. The first kappa shape index (κ1) is 13.4. The Morgan fingerprint density at radius 1 is 1.21 bits per heavy atom. The maximum atomic E-state index is 6.31. The van der Waals surface area contributed by atoms with Gasteiger partial charge >= 0.3 is 0 Å². The van der Waals surface area contributed by atoms with Gasteiger partial charge in [-0.2, -0.15) is 0 Å². The summed E-state index contributed by atoms with van der Waals surface area (Å²) in [6.07, 6.45) is 4.27. The molecule has 0 radical (unpaired) electrons. The van der Waals surface area contributed by atoms with Crippen LogP contribution in [-0.4, -0.2) is 4.98 Å². The molecule has 0 saturated heterocycles. The summed E-state index contributed by atoms with van der Waals surface area (Å²) in [5.74, 6) is 5.71. The van der Waals surface area contributed by atoms with E-state index in [2.05, 4.69) is 21.4 Å². The molecule has 0 saturated carbocycles. The van der Waals surface area contributed by atoms with E-state index in [1.807, 2.05) is 6.07 Å². The zero-order chi connectivity index (χ0) is 13.6. The van der Waals surface area contributed by atoms with Crippen molar-refractivity contribution in [2.45, 2.75) is 25.7 Å². The molecule has 100 valence electrons. The van der Waals surface area contributed by atoms with Gasteiger partial charge in [0.25, 0.3) is 0 Å². The molecule has 1 aromatic heterocycles. The maximum absolute atomic E-state index is 6.31. The molecule has 0 amide bonds. The Morgan fingerprint density at radius 2 is 1.95 bits per heavy atom. The zero-order valence-electron chi connectivity index (χ0n) is 10.1. The van der Waals surface area contributed by atoms with Gasteiger partial charge in [-0.1, -0.05) is 23.2 Å². The summed E-state index contributed by atoms with van der Waals surface area (Å²) < 4.78 is 0.751. The third-order valence-corrected chi connectivity index (χ3v) is 5.25. The molecule has 1 aromatic carbocycles. The van der Waals surface area contributed by atoms with E-state index in [-0.39, 0.29) is 0 Å². The number of fused-ring (bicyclic) bond motifs is 2. The van der Waals surface area contributed by atoms with Crippen molar-refractivity contribution in [3.63, 3.8) is 0 Å². The van der Waals surface area contributed by atoms with Gasteiger partial charge in [0.15, 0.2) is 0 Å². The van der Waals surface area contributed by atoms with Crippen molar-refractivity contribution in [1.82, 2.24) is 4.98 Å². The van der Waals surface area contributed by atoms with Crippen molar-refractivity contribution in [1.29, 1.82) is 0 Å². The Morgan fingerprint density at radius 3 is 2.68 bits per heavy atom. The molecule has 0 aliphatic heterocycles. The Labute approximate surface area is 129 Å². The summed E-state index contributed by atoms with van der Waals surface area (Å²) in [7, 11) is 0. The van der Waals surface area contributed by atoms with Gasteiger partial charge in [-0.25, -0.2) is 0 Å². The van der Waals surface area contributed by atoms with Crippen LogP contribution in [0.4, 0.5) is 5.69 Å². The van der Waals surface area contributed by atoms with Gasteiger partial charge in [-0.15, -0.1) is 0 Å². The molecule has 0 fully saturated rings. The molecule has 1 heterocycles. The standard InChI is InChI=1S/C13H12BrCl2N3/c14-8-5-7-12(19-17)6-3-1-2-4-9(6)18-13(7)11(16)10(8)15/h5H,1-4,17H2,(H,18,19). The Hall–Kier alpha value is -0.550. The maximum Gasteiger partial charge on any atom is 0.0928 e. The fourth-order valence-electron chi connectivity index (χ4n) is 2.63. The quantitative estimate of drug-likeness (QED) is 0.448. The summed E-state index contributed by atoms with van der Waals surface area (Å²) in [5, 5.41) is 1.86. The average Bonchev–Trinajstić information content (AvgIpc) is 2.43. The van der Waals surface area contributed by atoms with Crippen molar-refractivity contribution >= 4 is 55.7 Å². The number of halogens is 3. The monoisotopic (exact) mass is 359 g/mol. The molecule has 1 aliphatic rings. The van der Waals surface area contributed by atoms with Crippen molar-refractivity contribution in [2.75, 3.05) is 5.43 Å². The van der Waals surface area contributed by atoms with E-state index < -0.39 is 0 Å². The Bertz CT molecular complexity index is 673. The van der Waals surface area contributed by atoms with Crippen LogP contribution in [-0.2, 0) is 12.8 Å². The lowest BCUT2D eigenvalue weighted by Crippen LogP contribution is -2.15. The number of rotatable bonds is 1. The van der Waals surface area contributed by atoms with E-state index in [0.29, 0.717) is 15.6 Å². The Kier molecular flexibility index (Phi) is 3.60. The fraction of sp³-hybridized carbons (Fsp3) is 0.308. The normalized spacial score (nSPS) is 14.5. The van der Waals surface area contributed by atoms with Crippen molar-refractivity contribution in [3.8, 4) is 0 Å². The molecule has 0 atom stereocenters. The topological polar surface area (TPSA) is 50.9 Å². The van der Waals surface area contributed by atoms with Crippen molar-refractivity contribution in [3.05, 3.63) is 31.8 Å². The predicted octanol–water partition coefficient (Wildman–Crippen LogP) is 4.47. The highest BCUT2D eigenvalue weighted by molar-refractivity contribution is 9.10. The van der Waals surface area contributed by atoms with Gasteiger partial charge in [0.05, 0.1) is 21.2 Å². The van der Waals surface area contributed by atoms with E-state index in [1.54, 1.807) is 0 Å². The molecular formula is C13H12BrCl2N3. The van der Waals surface area contributed by atoms with E-state index in [1.165, 1.54) is 5.56 Å². The van der Waals surface area contributed by atoms with Gasteiger partial charge < -0.3 is 5.43 Å². The fourth-order valence-corrected chi connectivity index (χ4v) is 3.56. The van der Waals surface area contributed by atoms with Crippen LogP contribution in [0.3, 0.4) is 0 Å². The largest absolute Gasteiger partial charge is 0.323 e. The van der Waals surface area contributed by atoms with Crippen LogP contribution in [0.2, 0.25) is 10.0 Å². The number of aryl methyl sites for hydroxylation is 1. The predicted molar refractivity (Wildman–Crippen MR) is 83.9 cm³/mol. The van der Waals surface area contributed by atoms with Crippen LogP contribution >= 0.6 is 39.1 Å². The number of nitrogen functional groups attached to an aromatic ring is 1. The number of aromatic nitrogens is 1. The average molecular weight is 361 g/mol. The van der Waals surface area contributed by atoms with E-state index in [9.17, 15) is 0 Å². The van der Waals surface area contributed by atoms with Gasteiger partial charge in [-0.3, -0.25) is 10.8 Å². The number of nitrogens with zero attached hydrogens (tertiary/aromatic N) is 1. The molecule has 3 rings (SSSR count). The molecule has 1 aliphatic carbocycles. The van der Waals surface area contributed by atoms with Gasteiger partial charge in [-0.05, 0) is 53.2 Å². The third-order valence-electron chi connectivity index (χ3n) is 3.54. The number of hydrazine groups is 1. The summed E-state index contributed by atoms with van der Waals surface area (Å²) in [5.41, 5.74) is 6.71. The van der Waals surface area contributed by atoms with Crippen LogP contribution in [0.1, 0.15) is 24.1 Å². The first-order chi connectivity index (χ1) is 9.13. The highest BCUT2D eigenvalue weighted by atomic mass is 79.9. The molecule has 2 aromatic rings. The summed E-state index contributed by atoms with van der Waals surface area (Å²) >= 11 is 15.9. The van der Waals surface area contributed by atoms with Crippen LogP contribution < -0.4 is 11.3 Å².